The van der Waals surface area contributed by atoms with Crippen LogP contribution in [0.3, 0.4) is 0 Å². The number of rotatable bonds is 5. The number of hydrogen-bond acceptors (Lipinski definition) is 3. The van der Waals surface area contributed by atoms with E-state index < -0.39 is 0 Å². The third kappa shape index (κ3) is 5.06. The smallest absolute Gasteiger partial charge is 0.225 e. The molecule has 0 saturated carbocycles. The summed E-state index contributed by atoms with van der Waals surface area (Å²) >= 11 is 0. The van der Waals surface area contributed by atoms with Crippen LogP contribution >= 0.6 is 0 Å². The molecule has 2 rings (SSSR count). The SMILES string of the molecule is CN(C)C(=O)C1CCN(C(=O)C[C@@H](N)Cc2ccccc2)CC1. The molecule has 5 heteroatoms. The molecule has 1 saturated heterocycles. The van der Waals surface area contributed by atoms with E-state index in [1.807, 2.05) is 35.2 Å². The third-order valence-corrected chi connectivity index (χ3v) is 4.42. The van der Waals surface area contributed by atoms with Gasteiger partial charge in [-0.3, -0.25) is 9.59 Å². The van der Waals surface area contributed by atoms with E-state index in [0.29, 0.717) is 25.9 Å². The van der Waals surface area contributed by atoms with Gasteiger partial charge in [-0.15, -0.1) is 0 Å². The minimum absolute atomic E-state index is 0.0482. The molecule has 0 spiro atoms. The van der Waals surface area contributed by atoms with E-state index in [1.54, 1.807) is 19.0 Å². The number of benzene rings is 1. The molecule has 23 heavy (non-hydrogen) atoms. The van der Waals surface area contributed by atoms with Crippen molar-refractivity contribution in [1.29, 1.82) is 0 Å². The van der Waals surface area contributed by atoms with Gasteiger partial charge in [-0.1, -0.05) is 30.3 Å². The highest BCUT2D eigenvalue weighted by Crippen LogP contribution is 2.20. The molecule has 1 atom stereocenters. The maximum Gasteiger partial charge on any atom is 0.225 e. The Kier molecular flexibility index (Phi) is 6.16. The van der Waals surface area contributed by atoms with Crippen molar-refractivity contribution in [3.63, 3.8) is 0 Å². The molecule has 0 aliphatic carbocycles. The summed E-state index contributed by atoms with van der Waals surface area (Å²) in [5, 5.41) is 0. The van der Waals surface area contributed by atoms with Gasteiger partial charge in [0, 0.05) is 45.6 Å². The quantitative estimate of drug-likeness (QED) is 0.889. The number of carbonyl (C=O) groups excluding carboxylic acids is 2. The fourth-order valence-electron chi connectivity index (χ4n) is 3.08. The molecule has 1 aliphatic heterocycles. The van der Waals surface area contributed by atoms with Crippen molar-refractivity contribution in [2.45, 2.75) is 31.7 Å². The Morgan fingerprint density at radius 3 is 2.39 bits per heavy atom. The van der Waals surface area contributed by atoms with Crippen LogP contribution in [0.5, 0.6) is 0 Å². The molecular weight excluding hydrogens is 290 g/mol. The van der Waals surface area contributed by atoms with Crippen molar-refractivity contribution < 1.29 is 9.59 Å². The van der Waals surface area contributed by atoms with E-state index in [0.717, 1.165) is 18.4 Å². The molecule has 1 aromatic rings. The van der Waals surface area contributed by atoms with Crippen molar-refractivity contribution in [3.05, 3.63) is 35.9 Å². The summed E-state index contributed by atoms with van der Waals surface area (Å²) in [6, 6.07) is 9.84. The molecule has 0 aromatic heterocycles. The fraction of sp³-hybridized carbons (Fsp3) is 0.556. The Hall–Kier alpha value is -1.88. The first-order valence-corrected chi connectivity index (χ1v) is 8.26. The molecule has 2 N–H and O–H groups in total. The predicted molar refractivity (Wildman–Crippen MR) is 90.7 cm³/mol. The summed E-state index contributed by atoms with van der Waals surface area (Å²) in [6.07, 6.45) is 2.57. The average molecular weight is 317 g/mol. The van der Waals surface area contributed by atoms with Crippen LogP contribution in [0.4, 0.5) is 0 Å². The second-order valence-electron chi connectivity index (χ2n) is 6.54. The number of hydrogen-bond donors (Lipinski definition) is 1. The highest BCUT2D eigenvalue weighted by atomic mass is 16.2. The zero-order valence-corrected chi connectivity index (χ0v) is 14.1. The van der Waals surface area contributed by atoms with Crippen molar-refractivity contribution in [1.82, 2.24) is 9.80 Å². The lowest BCUT2D eigenvalue weighted by Gasteiger charge is -2.33. The maximum atomic E-state index is 12.4. The van der Waals surface area contributed by atoms with Crippen LogP contribution in [0.25, 0.3) is 0 Å². The van der Waals surface area contributed by atoms with Gasteiger partial charge in [-0.2, -0.15) is 0 Å². The first-order valence-electron chi connectivity index (χ1n) is 8.26. The van der Waals surface area contributed by atoms with E-state index in [2.05, 4.69) is 0 Å². The van der Waals surface area contributed by atoms with Crippen LogP contribution in [0.15, 0.2) is 30.3 Å². The Morgan fingerprint density at radius 2 is 1.83 bits per heavy atom. The van der Waals surface area contributed by atoms with Gasteiger partial charge in [-0.25, -0.2) is 0 Å². The van der Waals surface area contributed by atoms with Gasteiger partial charge in [0.2, 0.25) is 11.8 Å². The zero-order valence-electron chi connectivity index (χ0n) is 14.1. The summed E-state index contributed by atoms with van der Waals surface area (Å²) in [5.74, 6) is 0.314. The number of likely N-dealkylation sites (tertiary alicyclic amines) is 1. The zero-order chi connectivity index (χ0) is 16.8. The van der Waals surface area contributed by atoms with E-state index in [-0.39, 0.29) is 23.8 Å². The summed E-state index contributed by atoms with van der Waals surface area (Å²) in [6.45, 7) is 1.31. The summed E-state index contributed by atoms with van der Waals surface area (Å²) in [5.41, 5.74) is 7.28. The summed E-state index contributed by atoms with van der Waals surface area (Å²) in [4.78, 5) is 27.8. The predicted octanol–water partition coefficient (Wildman–Crippen LogP) is 1.27. The van der Waals surface area contributed by atoms with Crippen molar-refractivity contribution in [3.8, 4) is 0 Å². The molecule has 1 aliphatic rings. The Balaban J connectivity index is 1.77. The largest absolute Gasteiger partial charge is 0.349 e. The molecule has 0 radical (unpaired) electrons. The van der Waals surface area contributed by atoms with Crippen LogP contribution in [-0.4, -0.2) is 54.8 Å². The lowest BCUT2D eigenvalue weighted by molar-refractivity contribution is -0.139. The van der Waals surface area contributed by atoms with Crippen LogP contribution in [0, 0.1) is 5.92 Å². The highest BCUT2D eigenvalue weighted by Gasteiger charge is 2.28. The topological polar surface area (TPSA) is 66.6 Å². The molecule has 2 amide bonds. The van der Waals surface area contributed by atoms with E-state index in [4.69, 9.17) is 5.73 Å². The Morgan fingerprint density at radius 1 is 1.22 bits per heavy atom. The fourth-order valence-corrected chi connectivity index (χ4v) is 3.08. The Bertz CT molecular complexity index is 522. The number of carbonyl (C=O) groups is 2. The van der Waals surface area contributed by atoms with E-state index in [1.165, 1.54) is 0 Å². The normalized spacial score (nSPS) is 16.9. The summed E-state index contributed by atoms with van der Waals surface area (Å²) < 4.78 is 0. The molecule has 1 aromatic carbocycles. The van der Waals surface area contributed by atoms with Gasteiger partial charge in [0.1, 0.15) is 0 Å². The average Bonchev–Trinajstić information content (AvgIpc) is 2.55. The van der Waals surface area contributed by atoms with Gasteiger partial charge in [-0.05, 0) is 24.8 Å². The molecule has 1 fully saturated rings. The van der Waals surface area contributed by atoms with Crippen LogP contribution in [0.1, 0.15) is 24.8 Å². The molecule has 0 bridgehead atoms. The highest BCUT2D eigenvalue weighted by molar-refractivity contribution is 5.80. The molecule has 5 nitrogen and oxygen atoms in total. The maximum absolute atomic E-state index is 12.4. The van der Waals surface area contributed by atoms with E-state index in [9.17, 15) is 9.59 Å². The minimum Gasteiger partial charge on any atom is -0.349 e. The van der Waals surface area contributed by atoms with Gasteiger partial charge in [0.05, 0.1) is 0 Å². The molecule has 126 valence electrons. The van der Waals surface area contributed by atoms with Crippen molar-refractivity contribution in [2.24, 2.45) is 11.7 Å². The monoisotopic (exact) mass is 317 g/mol. The van der Waals surface area contributed by atoms with E-state index >= 15 is 0 Å². The number of piperidine rings is 1. The van der Waals surface area contributed by atoms with Crippen LogP contribution in [-0.2, 0) is 16.0 Å². The number of amides is 2. The van der Waals surface area contributed by atoms with Crippen molar-refractivity contribution >= 4 is 11.8 Å². The lowest BCUT2D eigenvalue weighted by atomic mass is 9.95. The van der Waals surface area contributed by atoms with Crippen molar-refractivity contribution in [2.75, 3.05) is 27.2 Å². The molecule has 0 unspecified atom stereocenters. The van der Waals surface area contributed by atoms with Crippen LogP contribution < -0.4 is 5.73 Å². The van der Waals surface area contributed by atoms with Gasteiger partial charge < -0.3 is 15.5 Å². The standard InChI is InChI=1S/C18H27N3O2/c1-20(2)18(23)15-8-10-21(11-9-15)17(22)13-16(19)12-14-6-4-3-5-7-14/h3-7,15-16H,8-13,19H2,1-2H3/t16-/m0/s1. The summed E-state index contributed by atoms with van der Waals surface area (Å²) in [7, 11) is 3.56. The minimum atomic E-state index is -0.161. The second-order valence-corrected chi connectivity index (χ2v) is 6.54. The van der Waals surface area contributed by atoms with Gasteiger partial charge >= 0.3 is 0 Å². The van der Waals surface area contributed by atoms with Gasteiger partial charge in [0.25, 0.3) is 0 Å². The third-order valence-electron chi connectivity index (χ3n) is 4.42. The van der Waals surface area contributed by atoms with Crippen LogP contribution in [0.2, 0.25) is 0 Å². The molecular formula is C18H27N3O2. The molecule has 1 heterocycles. The first kappa shape index (κ1) is 17.5. The Labute approximate surface area is 138 Å². The van der Waals surface area contributed by atoms with Gasteiger partial charge in [0.15, 0.2) is 0 Å². The first-order chi connectivity index (χ1) is 11.0. The second kappa shape index (κ2) is 8.11. The number of nitrogens with zero attached hydrogens (tertiary/aromatic N) is 2. The number of nitrogens with two attached hydrogens (primary N) is 1. The lowest BCUT2D eigenvalue weighted by Crippen LogP contribution is -2.44.